The summed E-state index contributed by atoms with van der Waals surface area (Å²) in [5.74, 6) is -0.844. The first kappa shape index (κ1) is 20.0. The SMILES string of the molecule is COc1cc(/C=C(\C#N)C(=O)N2CCOCC2)ccc1OC(=O)C(Cl)Cl. The van der Waals surface area contributed by atoms with Crippen molar-refractivity contribution in [1.29, 1.82) is 5.26 Å². The molecule has 1 aliphatic heterocycles. The van der Waals surface area contributed by atoms with E-state index in [2.05, 4.69) is 0 Å². The Bertz CT molecular complexity index is 752. The Morgan fingerprint density at radius 1 is 1.31 bits per heavy atom. The van der Waals surface area contributed by atoms with Crippen molar-refractivity contribution in [3.05, 3.63) is 29.3 Å². The van der Waals surface area contributed by atoms with Crippen molar-refractivity contribution in [1.82, 2.24) is 4.90 Å². The van der Waals surface area contributed by atoms with E-state index < -0.39 is 10.8 Å². The highest BCUT2D eigenvalue weighted by Crippen LogP contribution is 2.30. The molecule has 138 valence electrons. The van der Waals surface area contributed by atoms with Gasteiger partial charge in [-0.15, -0.1) is 0 Å². The first-order valence-electron chi connectivity index (χ1n) is 7.63. The predicted molar refractivity (Wildman–Crippen MR) is 95.1 cm³/mol. The second-order valence-electron chi connectivity index (χ2n) is 5.21. The molecule has 0 aromatic heterocycles. The summed E-state index contributed by atoms with van der Waals surface area (Å²) < 4.78 is 15.4. The number of carbonyl (C=O) groups is 2. The molecular formula is C17H16Cl2N2O5. The Morgan fingerprint density at radius 2 is 2.00 bits per heavy atom. The van der Waals surface area contributed by atoms with Gasteiger partial charge in [0.2, 0.25) is 4.84 Å². The maximum atomic E-state index is 12.4. The van der Waals surface area contributed by atoms with Gasteiger partial charge in [0.1, 0.15) is 11.6 Å². The molecule has 2 rings (SSSR count). The van der Waals surface area contributed by atoms with E-state index in [1.165, 1.54) is 25.3 Å². The van der Waals surface area contributed by atoms with Crippen LogP contribution in [0.2, 0.25) is 0 Å². The summed E-state index contributed by atoms with van der Waals surface area (Å²) in [5.41, 5.74) is 0.522. The minimum atomic E-state index is -1.32. The average Bonchev–Trinajstić information content (AvgIpc) is 2.67. The molecule has 0 saturated carbocycles. The molecule has 1 heterocycles. The van der Waals surface area contributed by atoms with Crippen LogP contribution in [0, 0.1) is 11.3 Å². The lowest BCUT2D eigenvalue weighted by atomic mass is 10.1. The molecule has 1 saturated heterocycles. The smallest absolute Gasteiger partial charge is 0.344 e. The van der Waals surface area contributed by atoms with Crippen molar-refractivity contribution in [3.63, 3.8) is 0 Å². The third-order valence-corrected chi connectivity index (χ3v) is 3.89. The number of esters is 1. The zero-order chi connectivity index (χ0) is 19.1. The van der Waals surface area contributed by atoms with E-state index in [-0.39, 0.29) is 23.0 Å². The number of nitriles is 1. The van der Waals surface area contributed by atoms with Crippen LogP contribution in [-0.4, -0.2) is 55.0 Å². The van der Waals surface area contributed by atoms with E-state index in [9.17, 15) is 14.9 Å². The van der Waals surface area contributed by atoms with Gasteiger partial charge < -0.3 is 19.1 Å². The molecule has 1 aliphatic rings. The fraction of sp³-hybridized carbons (Fsp3) is 0.353. The van der Waals surface area contributed by atoms with Gasteiger partial charge in [0.15, 0.2) is 11.5 Å². The van der Waals surface area contributed by atoms with Crippen LogP contribution < -0.4 is 9.47 Å². The van der Waals surface area contributed by atoms with Crippen molar-refractivity contribution in [2.45, 2.75) is 4.84 Å². The lowest BCUT2D eigenvalue weighted by molar-refractivity contribution is -0.132. The molecule has 0 N–H and O–H groups in total. The number of halogens is 2. The van der Waals surface area contributed by atoms with Gasteiger partial charge in [0.25, 0.3) is 5.91 Å². The first-order chi connectivity index (χ1) is 12.5. The van der Waals surface area contributed by atoms with E-state index in [0.29, 0.717) is 31.9 Å². The van der Waals surface area contributed by atoms with Gasteiger partial charge in [-0.25, -0.2) is 4.79 Å². The number of rotatable bonds is 5. The second-order valence-corrected chi connectivity index (χ2v) is 6.30. The molecule has 1 amide bonds. The maximum absolute atomic E-state index is 12.4. The molecule has 26 heavy (non-hydrogen) atoms. The van der Waals surface area contributed by atoms with E-state index in [1.54, 1.807) is 11.0 Å². The Kier molecular flexibility index (Phi) is 7.27. The molecule has 1 aromatic rings. The zero-order valence-corrected chi connectivity index (χ0v) is 15.4. The van der Waals surface area contributed by atoms with Crippen LogP contribution in [-0.2, 0) is 14.3 Å². The van der Waals surface area contributed by atoms with Gasteiger partial charge in [0, 0.05) is 13.1 Å². The monoisotopic (exact) mass is 398 g/mol. The van der Waals surface area contributed by atoms with Crippen LogP contribution in [0.3, 0.4) is 0 Å². The Labute approximate surface area is 160 Å². The van der Waals surface area contributed by atoms with Crippen LogP contribution in [0.4, 0.5) is 0 Å². The highest BCUT2D eigenvalue weighted by atomic mass is 35.5. The minimum absolute atomic E-state index is 0.0136. The molecule has 1 fully saturated rings. The third-order valence-electron chi connectivity index (χ3n) is 3.54. The summed E-state index contributed by atoms with van der Waals surface area (Å²) >= 11 is 10.9. The third kappa shape index (κ3) is 5.11. The number of benzene rings is 1. The summed E-state index contributed by atoms with van der Waals surface area (Å²) in [5, 5.41) is 9.32. The largest absolute Gasteiger partial charge is 0.493 e. The molecule has 0 aliphatic carbocycles. The number of carbonyl (C=O) groups excluding carboxylic acids is 2. The topological polar surface area (TPSA) is 88.9 Å². The molecule has 0 unspecified atom stereocenters. The summed E-state index contributed by atoms with van der Waals surface area (Å²) in [6, 6.07) is 6.49. The van der Waals surface area contributed by atoms with Crippen LogP contribution in [0.15, 0.2) is 23.8 Å². The van der Waals surface area contributed by atoms with Gasteiger partial charge in [0.05, 0.1) is 20.3 Å². The predicted octanol–water partition coefficient (Wildman–Crippen LogP) is 2.17. The van der Waals surface area contributed by atoms with Crippen molar-refractivity contribution >= 4 is 41.2 Å². The van der Waals surface area contributed by atoms with Crippen molar-refractivity contribution in [2.24, 2.45) is 0 Å². The van der Waals surface area contributed by atoms with Gasteiger partial charge in [-0.3, -0.25) is 4.79 Å². The van der Waals surface area contributed by atoms with Gasteiger partial charge >= 0.3 is 5.97 Å². The number of morpholine rings is 1. The van der Waals surface area contributed by atoms with Crippen molar-refractivity contribution in [2.75, 3.05) is 33.4 Å². The van der Waals surface area contributed by atoms with Crippen LogP contribution >= 0.6 is 23.2 Å². The standard InChI is InChI=1S/C17H16Cl2N2O5/c1-24-14-9-11(2-3-13(14)26-17(23)15(18)19)8-12(10-20)16(22)21-4-6-25-7-5-21/h2-3,8-9,15H,4-7H2,1H3/b12-8+. The molecular weight excluding hydrogens is 383 g/mol. The van der Waals surface area contributed by atoms with E-state index >= 15 is 0 Å². The summed E-state index contributed by atoms with van der Waals surface area (Å²) in [7, 11) is 1.39. The number of alkyl halides is 2. The Balaban J connectivity index is 2.23. The summed E-state index contributed by atoms with van der Waals surface area (Å²) in [4.78, 5) is 24.2. The highest BCUT2D eigenvalue weighted by molar-refractivity contribution is 6.53. The van der Waals surface area contributed by atoms with Crippen LogP contribution in [0.25, 0.3) is 6.08 Å². The summed E-state index contributed by atoms with van der Waals surface area (Å²) in [6.45, 7) is 1.77. The van der Waals surface area contributed by atoms with Crippen molar-refractivity contribution < 1.29 is 23.8 Å². The molecule has 0 bridgehead atoms. The number of nitrogens with zero attached hydrogens (tertiary/aromatic N) is 2. The minimum Gasteiger partial charge on any atom is -0.493 e. The van der Waals surface area contributed by atoms with E-state index in [0.717, 1.165) is 0 Å². The first-order valence-corrected chi connectivity index (χ1v) is 8.50. The fourth-order valence-corrected chi connectivity index (χ4v) is 2.35. The maximum Gasteiger partial charge on any atom is 0.344 e. The van der Waals surface area contributed by atoms with Crippen LogP contribution in [0.5, 0.6) is 11.5 Å². The molecule has 1 aromatic carbocycles. The van der Waals surface area contributed by atoms with Gasteiger partial charge in [-0.05, 0) is 23.8 Å². The average molecular weight is 399 g/mol. The lowest BCUT2D eigenvalue weighted by Crippen LogP contribution is -2.41. The molecule has 0 atom stereocenters. The van der Waals surface area contributed by atoms with E-state index in [1.807, 2.05) is 6.07 Å². The number of ether oxygens (including phenoxy) is 3. The van der Waals surface area contributed by atoms with Gasteiger partial charge in [-0.2, -0.15) is 5.26 Å². The van der Waals surface area contributed by atoms with Crippen molar-refractivity contribution in [3.8, 4) is 17.6 Å². The molecule has 9 heteroatoms. The Morgan fingerprint density at radius 3 is 2.58 bits per heavy atom. The molecule has 7 nitrogen and oxygen atoms in total. The normalized spacial score (nSPS) is 14.7. The quantitative estimate of drug-likeness (QED) is 0.248. The number of hydrogen-bond acceptors (Lipinski definition) is 6. The fourth-order valence-electron chi connectivity index (χ4n) is 2.26. The molecule has 0 spiro atoms. The van der Waals surface area contributed by atoms with Crippen LogP contribution in [0.1, 0.15) is 5.56 Å². The molecule has 0 radical (unpaired) electrons. The number of methoxy groups -OCH3 is 1. The van der Waals surface area contributed by atoms with E-state index in [4.69, 9.17) is 37.4 Å². The Hall–Kier alpha value is -2.27. The highest BCUT2D eigenvalue weighted by Gasteiger charge is 2.21. The number of hydrogen-bond donors (Lipinski definition) is 0. The second kappa shape index (κ2) is 9.43. The lowest BCUT2D eigenvalue weighted by Gasteiger charge is -2.26. The summed E-state index contributed by atoms with van der Waals surface area (Å²) in [6.07, 6.45) is 1.44. The number of amides is 1. The zero-order valence-electron chi connectivity index (χ0n) is 13.9. The van der Waals surface area contributed by atoms with Gasteiger partial charge in [-0.1, -0.05) is 29.3 Å².